The van der Waals surface area contributed by atoms with Gasteiger partial charge in [-0.15, -0.1) is 0 Å². The van der Waals surface area contributed by atoms with Crippen molar-refractivity contribution in [1.29, 1.82) is 0 Å². The van der Waals surface area contributed by atoms with Crippen LogP contribution in [0.5, 0.6) is 0 Å². The van der Waals surface area contributed by atoms with Gasteiger partial charge in [-0.3, -0.25) is 0 Å². The SMILES string of the molecule is CCCCN1CCCCC1CCN. The molecule has 0 bridgehead atoms. The summed E-state index contributed by atoms with van der Waals surface area (Å²) in [5.41, 5.74) is 5.62. The van der Waals surface area contributed by atoms with Crippen LogP contribution < -0.4 is 5.73 Å². The molecule has 1 rings (SSSR count). The van der Waals surface area contributed by atoms with Gasteiger partial charge < -0.3 is 10.6 Å². The lowest BCUT2D eigenvalue weighted by Gasteiger charge is -2.35. The molecular formula is C11H24N2. The Kier molecular flexibility index (Phi) is 5.40. The minimum absolute atomic E-state index is 0.797. The molecule has 0 aliphatic carbocycles. The number of piperidine rings is 1. The lowest BCUT2D eigenvalue weighted by Crippen LogP contribution is -2.41. The minimum atomic E-state index is 0.797. The zero-order chi connectivity index (χ0) is 9.52. The Balaban J connectivity index is 2.28. The van der Waals surface area contributed by atoms with Crippen LogP contribution in [0.2, 0.25) is 0 Å². The molecule has 0 saturated carbocycles. The van der Waals surface area contributed by atoms with Crippen LogP contribution in [0.25, 0.3) is 0 Å². The Morgan fingerprint density at radius 2 is 2.23 bits per heavy atom. The first-order valence-electron chi connectivity index (χ1n) is 5.82. The highest BCUT2D eigenvalue weighted by Crippen LogP contribution is 2.19. The van der Waals surface area contributed by atoms with Gasteiger partial charge in [0.1, 0.15) is 0 Å². The van der Waals surface area contributed by atoms with Gasteiger partial charge in [0, 0.05) is 6.04 Å². The molecule has 1 heterocycles. The van der Waals surface area contributed by atoms with Crippen molar-refractivity contribution in [2.75, 3.05) is 19.6 Å². The average Bonchev–Trinajstić information content (AvgIpc) is 2.17. The number of nitrogens with two attached hydrogens (primary N) is 1. The molecule has 0 aromatic rings. The van der Waals surface area contributed by atoms with E-state index in [1.54, 1.807) is 0 Å². The van der Waals surface area contributed by atoms with E-state index in [0.29, 0.717) is 0 Å². The highest BCUT2D eigenvalue weighted by Gasteiger charge is 2.20. The highest BCUT2D eigenvalue weighted by molar-refractivity contribution is 4.76. The molecule has 2 heteroatoms. The van der Waals surface area contributed by atoms with Crippen LogP contribution in [0.4, 0.5) is 0 Å². The summed E-state index contributed by atoms with van der Waals surface area (Å²) < 4.78 is 0. The van der Waals surface area contributed by atoms with Gasteiger partial charge in [0.05, 0.1) is 0 Å². The van der Waals surface area contributed by atoms with E-state index < -0.39 is 0 Å². The molecule has 1 unspecified atom stereocenters. The summed E-state index contributed by atoms with van der Waals surface area (Å²) >= 11 is 0. The first-order chi connectivity index (χ1) is 6.38. The molecule has 0 amide bonds. The third-order valence-corrected chi connectivity index (χ3v) is 3.05. The lowest BCUT2D eigenvalue weighted by atomic mass is 9.99. The Bertz CT molecular complexity index is 123. The van der Waals surface area contributed by atoms with Crippen molar-refractivity contribution >= 4 is 0 Å². The summed E-state index contributed by atoms with van der Waals surface area (Å²) in [4.78, 5) is 2.65. The molecule has 1 atom stereocenters. The monoisotopic (exact) mass is 184 g/mol. The maximum Gasteiger partial charge on any atom is 0.0107 e. The second-order valence-corrected chi connectivity index (χ2v) is 4.12. The summed E-state index contributed by atoms with van der Waals surface area (Å²) in [7, 11) is 0. The standard InChI is InChI=1S/C11H24N2/c1-2-3-9-13-10-5-4-6-11(13)7-8-12/h11H,2-10,12H2,1H3. The van der Waals surface area contributed by atoms with Crippen LogP contribution in [0.1, 0.15) is 45.4 Å². The van der Waals surface area contributed by atoms with Gasteiger partial charge in [-0.25, -0.2) is 0 Å². The molecule has 2 nitrogen and oxygen atoms in total. The van der Waals surface area contributed by atoms with Crippen molar-refractivity contribution in [3.8, 4) is 0 Å². The molecule has 2 N–H and O–H groups in total. The summed E-state index contributed by atoms with van der Waals surface area (Å²) in [5.74, 6) is 0. The van der Waals surface area contributed by atoms with Gasteiger partial charge in [-0.2, -0.15) is 0 Å². The van der Waals surface area contributed by atoms with Crippen molar-refractivity contribution in [3.63, 3.8) is 0 Å². The number of hydrogen-bond donors (Lipinski definition) is 1. The van der Waals surface area contributed by atoms with Gasteiger partial charge in [0.2, 0.25) is 0 Å². The molecule has 1 aliphatic heterocycles. The molecule has 78 valence electrons. The third-order valence-electron chi connectivity index (χ3n) is 3.05. The number of rotatable bonds is 5. The zero-order valence-corrected chi connectivity index (χ0v) is 8.97. The summed E-state index contributed by atoms with van der Waals surface area (Å²) in [6.45, 7) is 5.72. The zero-order valence-electron chi connectivity index (χ0n) is 8.97. The largest absolute Gasteiger partial charge is 0.330 e. The lowest BCUT2D eigenvalue weighted by molar-refractivity contribution is 0.140. The van der Waals surface area contributed by atoms with Crippen molar-refractivity contribution in [1.82, 2.24) is 4.90 Å². The minimum Gasteiger partial charge on any atom is -0.330 e. The van der Waals surface area contributed by atoms with E-state index in [0.717, 1.165) is 12.6 Å². The number of nitrogens with zero attached hydrogens (tertiary/aromatic N) is 1. The van der Waals surface area contributed by atoms with Crippen LogP contribution in [0.3, 0.4) is 0 Å². The Morgan fingerprint density at radius 1 is 1.38 bits per heavy atom. The average molecular weight is 184 g/mol. The molecule has 1 aliphatic rings. The second kappa shape index (κ2) is 6.39. The summed E-state index contributed by atoms with van der Waals surface area (Å²) in [6, 6.07) is 0.797. The number of unbranched alkanes of at least 4 members (excludes halogenated alkanes) is 1. The Hall–Kier alpha value is -0.0800. The van der Waals surface area contributed by atoms with Crippen molar-refractivity contribution in [2.24, 2.45) is 5.73 Å². The predicted octanol–water partition coefficient (Wildman–Crippen LogP) is 1.99. The molecular weight excluding hydrogens is 160 g/mol. The van der Waals surface area contributed by atoms with E-state index in [1.807, 2.05) is 0 Å². The Morgan fingerprint density at radius 3 is 2.92 bits per heavy atom. The van der Waals surface area contributed by atoms with Gasteiger partial charge in [-0.1, -0.05) is 19.8 Å². The normalized spacial score (nSPS) is 24.9. The predicted molar refractivity (Wildman–Crippen MR) is 57.8 cm³/mol. The van der Waals surface area contributed by atoms with Gasteiger partial charge in [0.15, 0.2) is 0 Å². The third kappa shape index (κ3) is 3.65. The van der Waals surface area contributed by atoms with Crippen molar-refractivity contribution in [3.05, 3.63) is 0 Å². The molecule has 0 aromatic heterocycles. The topological polar surface area (TPSA) is 29.3 Å². The first-order valence-corrected chi connectivity index (χ1v) is 5.82. The highest BCUT2D eigenvalue weighted by atomic mass is 15.2. The van der Waals surface area contributed by atoms with E-state index in [9.17, 15) is 0 Å². The summed E-state index contributed by atoms with van der Waals surface area (Å²) in [5, 5.41) is 0. The van der Waals surface area contributed by atoms with E-state index in [-0.39, 0.29) is 0 Å². The van der Waals surface area contributed by atoms with Crippen molar-refractivity contribution < 1.29 is 0 Å². The smallest absolute Gasteiger partial charge is 0.0107 e. The molecule has 1 saturated heterocycles. The van der Waals surface area contributed by atoms with Crippen LogP contribution in [0, 0.1) is 0 Å². The van der Waals surface area contributed by atoms with Crippen LogP contribution >= 0.6 is 0 Å². The molecule has 0 spiro atoms. The molecule has 1 fully saturated rings. The molecule has 0 radical (unpaired) electrons. The van der Waals surface area contributed by atoms with Gasteiger partial charge in [-0.05, 0) is 45.3 Å². The quantitative estimate of drug-likeness (QED) is 0.708. The fraction of sp³-hybridized carbons (Fsp3) is 1.00. The molecule has 13 heavy (non-hydrogen) atoms. The second-order valence-electron chi connectivity index (χ2n) is 4.12. The number of likely N-dealkylation sites (tertiary alicyclic amines) is 1. The van der Waals surface area contributed by atoms with Gasteiger partial charge >= 0.3 is 0 Å². The summed E-state index contributed by atoms with van der Waals surface area (Å²) in [6.07, 6.45) is 8.04. The van der Waals surface area contributed by atoms with E-state index in [4.69, 9.17) is 5.73 Å². The molecule has 0 aromatic carbocycles. The van der Waals surface area contributed by atoms with Crippen LogP contribution in [0.15, 0.2) is 0 Å². The van der Waals surface area contributed by atoms with Gasteiger partial charge in [0.25, 0.3) is 0 Å². The number of hydrogen-bond acceptors (Lipinski definition) is 2. The fourth-order valence-electron chi connectivity index (χ4n) is 2.23. The Labute approximate surface area is 82.5 Å². The van der Waals surface area contributed by atoms with Crippen molar-refractivity contribution in [2.45, 2.75) is 51.5 Å². The maximum atomic E-state index is 5.62. The first kappa shape index (κ1) is 11.0. The maximum absolute atomic E-state index is 5.62. The van der Waals surface area contributed by atoms with Crippen LogP contribution in [-0.2, 0) is 0 Å². The van der Waals surface area contributed by atoms with Crippen LogP contribution in [-0.4, -0.2) is 30.6 Å². The van der Waals surface area contributed by atoms with E-state index in [2.05, 4.69) is 11.8 Å². The van der Waals surface area contributed by atoms with E-state index in [1.165, 1.54) is 51.6 Å². The fourth-order valence-corrected chi connectivity index (χ4v) is 2.23. The van der Waals surface area contributed by atoms with E-state index >= 15 is 0 Å².